The maximum Gasteiger partial charge on any atom is 0.495 e. The molecule has 0 saturated carbocycles. The highest BCUT2D eigenvalue weighted by Gasteiger charge is 2.52. The molecule has 5 nitrogen and oxygen atoms in total. The van der Waals surface area contributed by atoms with Gasteiger partial charge in [0.2, 0.25) is 0 Å². The maximum atomic E-state index is 11.5. The van der Waals surface area contributed by atoms with Crippen LogP contribution in [0, 0.1) is 6.92 Å². The van der Waals surface area contributed by atoms with Crippen molar-refractivity contribution < 1.29 is 17.7 Å². The molecule has 2 heterocycles. The molecule has 2 fully saturated rings. The summed E-state index contributed by atoms with van der Waals surface area (Å²) in [5.74, 6) is 0.524. The highest BCUT2D eigenvalue weighted by Crippen LogP contribution is 2.36. The summed E-state index contributed by atoms with van der Waals surface area (Å²) in [6.07, 6.45) is 0. The molecular weight excluding hydrogens is 337 g/mol. The summed E-state index contributed by atoms with van der Waals surface area (Å²) < 4.78 is 35.4. The van der Waals surface area contributed by atoms with Crippen LogP contribution in [0.15, 0.2) is 18.2 Å². The summed E-state index contributed by atoms with van der Waals surface area (Å²) in [5, 5.41) is 0. The molecule has 0 unspecified atom stereocenters. The lowest BCUT2D eigenvalue weighted by Crippen LogP contribution is -2.41. The summed E-state index contributed by atoms with van der Waals surface area (Å²) in [6, 6.07) is 6.33. The molecule has 2 aliphatic heterocycles. The van der Waals surface area contributed by atoms with Crippen molar-refractivity contribution >= 4 is 22.4 Å². The third-order valence-electron chi connectivity index (χ3n) is 5.68. The normalized spacial score (nSPS) is 25.2. The van der Waals surface area contributed by atoms with Gasteiger partial charge in [-0.2, -0.15) is 0 Å². The zero-order valence-electron chi connectivity index (χ0n) is 15.8. The molecule has 7 heteroatoms. The first kappa shape index (κ1) is 18.9. The molecule has 25 heavy (non-hydrogen) atoms. The van der Waals surface area contributed by atoms with Gasteiger partial charge in [0.25, 0.3) is 0 Å². The summed E-state index contributed by atoms with van der Waals surface area (Å²) in [5.41, 5.74) is 2.70. The predicted molar refractivity (Wildman–Crippen MR) is 101 cm³/mol. The minimum Gasteiger partial charge on any atom is -0.399 e. The van der Waals surface area contributed by atoms with Crippen molar-refractivity contribution in [2.45, 2.75) is 52.4 Å². The Morgan fingerprint density at radius 3 is 2.16 bits per heavy atom. The van der Waals surface area contributed by atoms with Crippen LogP contribution < -0.4 is 5.46 Å². The second kappa shape index (κ2) is 6.37. The molecule has 3 rings (SSSR count). The number of hydrogen-bond donors (Lipinski definition) is 0. The van der Waals surface area contributed by atoms with Crippen molar-refractivity contribution in [3.05, 3.63) is 29.3 Å². The zero-order chi connectivity index (χ0) is 18.5. The molecule has 0 aromatic heterocycles. The molecule has 0 radical (unpaired) electrons. The maximum absolute atomic E-state index is 11.5. The van der Waals surface area contributed by atoms with E-state index in [-0.39, 0.29) is 29.8 Å². The molecule has 2 aliphatic rings. The van der Waals surface area contributed by atoms with Crippen molar-refractivity contribution in [1.82, 2.24) is 4.90 Å². The van der Waals surface area contributed by atoms with Crippen molar-refractivity contribution in [3.8, 4) is 0 Å². The van der Waals surface area contributed by atoms with Crippen LogP contribution in [0.4, 0.5) is 0 Å². The average Bonchev–Trinajstić information content (AvgIpc) is 2.69. The largest absolute Gasteiger partial charge is 0.495 e. The lowest BCUT2D eigenvalue weighted by molar-refractivity contribution is 0.00578. The fourth-order valence-corrected chi connectivity index (χ4v) is 4.51. The minimum atomic E-state index is -2.83. The first-order valence-corrected chi connectivity index (χ1v) is 10.7. The third-order valence-corrected chi connectivity index (χ3v) is 7.29. The lowest BCUT2D eigenvalue weighted by Gasteiger charge is -2.32. The number of aryl methyl sites for hydroxylation is 1. The minimum absolute atomic E-state index is 0.262. The van der Waals surface area contributed by atoms with Crippen LogP contribution in [0.25, 0.3) is 0 Å². The van der Waals surface area contributed by atoms with Gasteiger partial charge in [0.15, 0.2) is 9.84 Å². The van der Waals surface area contributed by atoms with Crippen molar-refractivity contribution in [3.63, 3.8) is 0 Å². The van der Waals surface area contributed by atoms with E-state index in [2.05, 4.69) is 57.7 Å². The standard InChI is InChI=1S/C18H28BNO4S/c1-14-12-15(13-20-8-10-25(21,22)11-9-20)6-7-16(14)19-23-17(2,3)18(4,5)24-19/h6-7,12H,8-11,13H2,1-5H3. The Bertz CT molecular complexity index is 730. The van der Waals surface area contributed by atoms with Gasteiger partial charge in [-0.05, 0) is 45.6 Å². The monoisotopic (exact) mass is 365 g/mol. The van der Waals surface area contributed by atoms with Crippen LogP contribution in [0.5, 0.6) is 0 Å². The Kier molecular flexibility index (Phi) is 4.82. The van der Waals surface area contributed by atoms with Crippen LogP contribution in [0.1, 0.15) is 38.8 Å². The van der Waals surface area contributed by atoms with Gasteiger partial charge in [0.1, 0.15) is 0 Å². The first-order valence-electron chi connectivity index (χ1n) is 8.87. The van der Waals surface area contributed by atoms with E-state index < -0.39 is 9.84 Å². The van der Waals surface area contributed by atoms with Gasteiger partial charge in [0, 0.05) is 19.6 Å². The summed E-state index contributed by atoms with van der Waals surface area (Å²) in [6.45, 7) is 12.3. The van der Waals surface area contributed by atoms with E-state index in [1.54, 1.807) is 0 Å². The van der Waals surface area contributed by atoms with E-state index >= 15 is 0 Å². The van der Waals surface area contributed by atoms with Crippen LogP contribution in [0.2, 0.25) is 0 Å². The Balaban J connectivity index is 1.70. The number of nitrogens with zero attached hydrogens (tertiary/aromatic N) is 1. The molecule has 0 bridgehead atoms. The van der Waals surface area contributed by atoms with Gasteiger partial charge in [-0.1, -0.05) is 23.8 Å². The fourth-order valence-electron chi connectivity index (χ4n) is 3.24. The van der Waals surface area contributed by atoms with Gasteiger partial charge < -0.3 is 9.31 Å². The molecular formula is C18H28BNO4S. The molecule has 138 valence electrons. The van der Waals surface area contributed by atoms with Gasteiger partial charge >= 0.3 is 7.12 Å². The number of benzene rings is 1. The average molecular weight is 365 g/mol. The topological polar surface area (TPSA) is 55.8 Å². The summed E-state index contributed by atoms with van der Waals surface area (Å²) in [7, 11) is -3.18. The van der Waals surface area contributed by atoms with Gasteiger partial charge in [0.05, 0.1) is 22.7 Å². The first-order chi connectivity index (χ1) is 11.5. The Morgan fingerprint density at radius 1 is 1.08 bits per heavy atom. The van der Waals surface area contributed by atoms with Crippen LogP contribution in [-0.2, 0) is 25.7 Å². The SMILES string of the molecule is Cc1cc(CN2CCS(=O)(=O)CC2)ccc1B1OC(C)(C)C(C)(C)O1. The van der Waals surface area contributed by atoms with Gasteiger partial charge in [-0.3, -0.25) is 4.90 Å². The molecule has 0 N–H and O–H groups in total. The smallest absolute Gasteiger partial charge is 0.399 e. The Labute approximate surface area is 151 Å². The highest BCUT2D eigenvalue weighted by molar-refractivity contribution is 7.91. The zero-order valence-corrected chi connectivity index (χ0v) is 16.6. The van der Waals surface area contributed by atoms with Crippen LogP contribution in [-0.4, -0.2) is 56.2 Å². The highest BCUT2D eigenvalue weighted by atomic mass is 32.2. The Hall–Kier alpha value is -0.885. The molecule has 0 amide bonds. The van der Waals surface area contributed by atoms with E-state index in [0.717, 1.165) is 17.6 Å². The second-order valence-corrected chi connectivity index (χ2v) is 10.5. The second-order valence-electron chi connectivity index (χ2n) is 8.21. The predicted octanol–water partition coefficient (Wildman–Crippen LogP) is 1.52. The molecule has 1 aromatic carbocycles. The fraction of sp³-hybridized carbons (Fsp3) is 0.667. The molecule has 0 atom stereocenters. The van der Waals surface area contributed by atoms with Crippen molar-refractivity contribution in [2.75, 3.05) is 24.6 Å². The summed E-state index contributed by atoms with van der Waals surface area (Å²) in [4.78, 5) is 2.20. The van der Waals surface area contributed by atoms with E-state index in [1.165, 1.54) is 5.56 Å². The molecule has 1 aromatic rings. The third kappa shape index (κ3) is 3.94. The molecule has 0 aliphatic carbocycles. The van der Waals surface area contributed by atoms with E-state index in [0.29, 0.717) is 13.1 Å². The number of sulfone groups is 1. The summed E-state index contributed by atoms with van der Waals surface area (Å²) >= 11 is 0. The quantitative estimate of drug-likeness (QED) is 0.761. The van der Waals surface area contributed by atoms with Crippen LogP contribution >= 0.6 is 0 Å². The van der Waals surface area contributed by atoms with E-state index in [9.17, 15) is 8.42 Å². The molecule has 0 spiro atoms. The van der Waals surface area contributed by atoms with E-state index in [4.69, 9.17) is 9.31 Å². The van der Waals surface area contributed by atoms with Crippen LogP contribution in [0.3, 0.4) is 0 Å². The number of hydrogen-bond acceptors (Lipinski definition) is 5. The van der Waals surface area contributed by atoms with E-state index in [1.807, 2.05) is 0 Å². The lowest BCUT2D eigenvalue weighted by atomic mass is 9.76. The van der Waals surface area contributed by atoms with Gasteiger partial charge in [-0.15, -0.1) is 0 Å². The van der Waals surface area contributed by atoms with Crippen molar-refractivity contribution in [1.29, 1.82) is 0 Å². The Morgan fingerprint density at radius 2 is 1.64 bits per heavy atom. The van der Waals surface area contributed by atoms with Gasteiger partial charge in [-0.25, -0.2) is 8.42 Å². The molecule has 2 saturated heterocycles. The number of rotatable bonds is 3. The van der Waals surface area contributed by atoms with Crippen molar-refractivity contribution in [2.24, 2.45) is 0 Å².